The van der Waals surface area contributed by atoms with Gasteiger partial charge in [-0.3, -0.25) is 13.6 Å². The van der Waals surface area contributed by atoms with Gasteiger partial charge in [0.1, 0.15) is 0 Å². The number of aromatic nitrogens is 2. The van der Waals surface area contributed by atoms with Crippen LogP contribution in [-0.4, -0.2) is 22.7 Å². The Labute approximate surface area is 167 Å². The Balaban J connectivity index is 0.000000791. The number of rotatable bonds is 2. The van der Waals surface area contributed by atoms with E-state index in [4.69, 9.17) is 19.2 Å². The second-order valence-corrected chi connectivity index (χ2v) is 8.98. The van der Waals surface area contributed by atoms with Gasteiger partial charge in [0, 0.05) is 0 Å². The van der Waals surface area contributed by atoms with Crippen molar-refractivity contribution < 1.29 is 25.8 Å². The van der Waals surface area contributed by atoms with Gasteiger partial charge >= 0.3 is 145 Å². The maximum Gasteiger partial charge on any atom is -0.282 e. The van der Waals surface area contributed by atoms with E-state index in [1.165, 1.54) is 58.4 Å². The van der Waals surface area contributed by atoms with Crippen LogP contribution in [0, 0.1) is 24.7 Å². The summed E-state index contributed by atoms with van der Waals surface area (Å²) in [6, 6.07) is 5.19. The summed E-state index contributed by atoms with van der Waals surface area (Å²) in [5, 5.41) is 0. The van der Waals surface area contributed by atoms with Crippen molar-refractivity contribution in [2.45, 2.75) is 58.9 Å². The quantitative estimate of drug-likeness (QED) is 0.391. The van der Waals surface area contributed by atoms with E-state index in [9.17, 15) is 0 Å². The summed E-state index contributed by atoms with van der Waals surface area (Å²) in [6.07, 6.45) is 11.2. The van der Waals surface area contributed by atoms with Crippen molar-refractivity contribution in [2.75, 3.05) is 0 Å². The van der Waals surface area contributed by atoms with E-state index in [1.807, 2.05) is 0 Å². The number of imidazole rings is 1. The summed E-state index contributed by atoms with van der Waals surface area (Å²) >= 11 is -0.626. The van der Waals surface area contributed by atoms with E-state index in [0.29, 0.717) is 6.04 Å². The molecule has 4 nitrogen and oxygen atoms in total. The molecule has 1 saturated carbocycles. The fourth-order valence-corrected chi connectivity index (χ4v) is 6.32. The SMILES string of the molecule is Cc1cc(C)c(-n2ccn(C3CCCCC3)[c]2=[Ir][Cl])c(C)c1.[CH-]=O.[CH-]=O. The number of halogens is 1. The minimum absolute atomic E-state index is 0.626. The molecule has 1 fully saturated rings. The first kappa shape index (κ1) is 22.7. The van der Waals surface area contributed by atoms with E-state index in [0.717, 1.165) is 0 Å². The average Bonchev–Trinajstić information content (AvgIpc) is 3.08. The average molecular weight is 554 g/mol. The molecule has 0 atom stereocenters. The predicted molar refractivity (Wildman–Crippen MR) is 103 cm³/mol. The molecular formula is C20H26ClIrN2O2-2. The molecule has 0 aliphatic heterocycles. The van der Waals surface area contributed by atoms with Gasteiger partial charge in [0.2, 0.25) is 0 Å². The van der Waals surface area contributed by atoms with Gasteiger partial charge < -0.3 is 9.59 Å². The molecule has 26 heavy (non-hydrogen) atoms. The minimum atomic E-state index is -0.626. The van der Waals surface area contributed by atoms with Crippen LogP contribution in [0.25, 0.3) is 5.69 Å². The molecule has 3 rings (SSSR count). The van der Waals surface area contributed by atoms with Crippen LogP contribution >= 0.6 is 9.58 Å². The molecule has 1 aliphatic rings. The van der Waals surface area contributed by atoms with E-state index in [1.54, 1.807) is 0 Å². The van der Waals surface area contributed by atoms with Crippen LogP contribution < -0.4 is 0 Å². The van der Waals surface area contributed by atoms with Gasteiger partial charge in [-0.2, -0.15) is 0 Å². The first-order valence-corrected chi connectivity index (χ1v) is 12.7. The van der Waals surface area contributed by atoms with Crippen LogP contribution in [0.1, 0.15) is 54.8 Å². The normalized spacial score (nSPS) is 15.5. The van der Waals surface area contributed by atoms with Gasteiger partial charge in [-0.05, 0) is 0 Å². The predicted octanol–water partition coefficient (Wildman–Crippen LogP) is 4.93. The topological polar surface area (TPSA) is 44.0 Å². The Hall–Kier alpha value is -1.29. The minimum Gasteiger partial charge on any atom is -0.545 e. The number of carbonyl (C=O) groups excluding carboxylic acids is 2. The van der Waals surface area contributed by atoms with Crippen molar-refractivity contribution in [2.24, 2.45) is 0 Å². The summed E-state index contributed by atoms with van der Waals surface area (Å²) in [5.41, 5.74) is 5.32. The maximum absolute atomic E-state index is 7.75. The zero-order valence-electron chi connectivity index (χ0n) is 15.5. The number of nitrogens with zero attached hydrogens (tertiary/aromatic N) is 2. The third-order valence-electron chi connectivity index (χ3n) is 4.67. The summed E-state index contributed by atoms with van der Waals surface area (Å²) in [4.78, 5) is 15.5. The molecule has 1 aromatic carbocycles. The first-order valence-electron chi connectivity index (χ1n) is 8.51. The third kappa shape index (κ3) is 5.12. The largest absolute Gasteiger partial charge is 0.545 e. The Kier molecular flexibility index (Phi) is 10.00. The second kappa shape index (κ2) is 11.4. The van der Waals surface area contributed by atoms with Gasteiger partial charge in [-0.25, -0.2) is 0 Å². The van der Waals surface area contributed by atoms with Gasteiger partial charge in [0.05, 0.1) is 0 Å². The third-order valence-corrected chi connectivity index (χ3v) is 7.19. The molecule has 0 N–H and O–H groups in total. The fourth-order valence-electron chi connectivity index (χ4n) is 3.78. The number of aryl methyl sites for hydroxylation is 3. The molecule has 1 aromatic heterocycles. The number of benzene rings is 1. The monoisotopic (exact) mass is 554 g/mol. The maximum atomic E-state index is 7.75. The van der Waals surface area contributed by atoms with Crippen LogP contribution in [0.3, 0.4) is 0 Å². The van der Waals surface area contributed by atoms with Crippen molar-refractivity contribution in [3.05, 3.63) is 45.1 Å². The second-order valence-electron chi connectivity index (χ2n) is 6.43. The molecule has 0 amide bonds. The van der Waals surface area contributed by atoms with Crippen LogP contribution in [0.4, 0.5) is 0 Å². The summed E-state index contributed by atoms with van der Waals surface area (Å²) < 4.78 is 6.17. The van der Waals surface area contributed by atoms with Gasteiger partial charge in [-0.15, -0.1) is 0 Å². The van der Waals surface area contributed by atoms with Crippen LogP contribution in [0.2, 0.25) is 0 Å². The molecule has 0 bridgehead atoms. The molecule has 1 aliphatic carbocycles. The molecule has 0 saturated heterocycles. The van der Waals surface area contributed by atoms with Crippen LogP contribution in [0.5, 0.6) is 0 Å². The van der Waals surface area contributed by atoms with Crippen molar-refractivity contribution >= 4 is 23.2 Å². The Morgan fingerprint density at radius 1 is 0.962 bits per heavy atom. The van der Waals surface area contributed by atoms with E-state index in [2.05, 4.69) is 68.0 Å². The Morgan fingerprint density at radius 2 is 1.50 bits per heavy atom. The van der Waals surface area contributed by atoms with Gasteiger partial charge in [-0.1, -0.05) is 0 Å². The van der Waals surface area contributed by atoms with Crippen molar-refractivity contribution in [1.82, 2.24) is 9.13 Å². The Morgan fingerprint density at radius 3 is 2.00 bits per heavy atom. The number of hydrogen-bond donors (Lipinski definition) is 0. The van der Waals surface area contributed by atoms with E-state index in [-0.39, 0.29) is 0 Å². The molecule has 2 aromatic rings. The van der Waals surface area contributed by atoms with Gasteiger partial charge in [0.25, 0.3) is 0 Å². The van der Waals surface area contributed by atoms with Crippen LogP contribution in [-0.2, 0) is 25.8 Å². The standard InChI is InChI=1S/C18H24N2.2CHO.ClH.Ir/c1-14-11-15(2)18(16(3)12-14)20-10-9-19(13-20)17-7-5-4-6-8-17;2*1-2;;/h9-12,17H,4-8H2,1-3H3;2*1H;1H;/q;2*-1;;+1/p-1. The van der Waals surface area contributed by atoms with E-state index >= 15 is 0 Å². The first-order chi connectivity index (χ1) is 12.6. The zero-order chi connectivity index (χ0) is 19.7. The van der Waals surface area contributed by atoms with Crippen molar-refractivity contribution in [1.29, 1.82) is 0 Å². The molecule has 0 spiro atoms. The molecule has 0 radical (unpaired) electrons. The summed E-state index contributed by atoms with van der Waals surface area (Å²) in [6.45, 7) is 13.1. The van der Waals surface area contributed by atoms with Crippen LogP contribution in [0.15, 0.2) is 24.5 Å². The number of hydrogen-bond acceptors (Lipinski definition) is 2. The molecular weight excluding hydrogens is 528 g/mol. The molecule has 6 heteroatoms. The zero-order valence-corrected chi connectivity index (χ0v) is 18.7. The molecule has 146 valence electrons. The summed E-state index contributed by atoms with van der Waals surface area (Å²) in [5.74, 6) is 0. The Bertz CT molecular complexity index is 751. The summed E-state index contributed by atoms with van der Waals surface area (Å²) in [7, 11) is 6.47. The van der Waals surface area contributed by atoms with Gasteiger partial charge in [0.15, 0.2) is 0 Å². The van der Waals surface area contributed by atoms with Crippen molar-refractivity contribution in [3.63, 3.8) is 0 Å². The molecule has 0 unspecified atom stereocenters. The molecule has 1 heterocycles. The van der Waals surface area contributed by atoms with E-state index < -0.39 is 16.2 Å². The fraction of sp³-hybridized carbons (Fsp3) is 0.450. The smallest absolute Gasteiger partial charge is 0.282 e. The van der Waals surface area contributed by atoms with Crippen molar-refractivity contribution in [3.8, 4) is 5.69 Å².